The number of carbonyl (C=O) groups excluding carboxylic acids is 2. The number of H-pyrrole nitrogens is 1. The summed E-state index contributed by atoms with van der Waals surface area (Å²) in [6.07, 6.45) is -0.0258. The quantitative estimate of drug-likeness (QED) is 0.559. The van der Waals surface area contributed by atoms with Gasteiger partial charge in [0, 0.05) is 19.5 Å². The van der Waals surface area contributed by atoms with Crippen LogP contribution in [0.1, 0.15) is 18.9 Å². The number of halogens is 1. The first-order chi connectivity index (χ1) is 16.3. The van der Waals surface area contributed by atoms with E-state index in [1.165, 1.54) is 14.4 Å². The summed E-state index contributed by atoms with van der Waals surface area (Å²) in [7, 11) is 0. The molecule has 10 heteroatoms. The first-order valence-electron chi connectivity index (χ1n) is 10.8. The number of anilines is 3. The van der Waals surface area contributed by atoms with Gasteiger partial charge in [0.2, 0.25) is 11.8 Å². The van der Waals surface area contributed by atoms with Gasteiger partial charge in [0.05, 0.1) is 23.2 Å². The molecule has 1 aromatic heterocycles. The Kier molecular flexibility index (Phi) is 6.56. The van der Waals surface area contributed by atoms with Gasteiger partial charge in [0.1, 0.15) is 5.82 Å². The molecule has 9 nitrogen and oxygen atoms in total. The van der Waals surface area contributed by atoms with Gasteiger partial charge in [0.25, 0.3) is 5.56 Å². The number of nitrogen functional groups attached to an aromatic ring is 1. The van der Waals surface area contributed by atoms with Crippen LogP contribution in [0.5, 0.6) is 0 Å². The number of benzene rings is 2. The molecule has 4 rings (SSSR count). The van der Waals surface area contributed by atoms with Crippen LogP contribution in [0.2, 0.25) is 5.02 Å². The normalized spacial score (nSPS) is 15.5. The van der Waals surface area contributed by atoms with Gasteiger partial charge in [-0.1, -0.05) is 54.1 Å². The summed E-state index contributed by atoms with van der Waals surface area (Å²) in [4.78, 5) is 56.4. The van der Waals surface area contributed by atoms with Crippen molar-refractivity contribution in [3.8, 4) is 0 Å². The number of carbonyl (C=O) groups is 2. The molecule has 2 amide bonds. The van der Waals surface area contributed by atoms with Crippen LogP contribution in [0.4, 0.5) is 17.2 Å². The first kappa shape index (κ1) is 23.3. The maximum Gasteiger partial charge on any atom is 0.330 e. The molecule has 0 aliphatic carbocycles. The van der Waals surface area contributed by atoms with Crippen molar-refractivity contribution < 1.29 is 9.59 Å². The molecule has 1 atom stereocenters. The Morgan fingerprint density at radius 3 is 2.47 bits per heavy atom. The molecular formula is C24H24ClN5O4. The lowest BCUT2D eigenvalue weighted by molar-refractivity contribution is -0.124. The zero-order valence-electron chi connectivity index (χ0n) is 18.5. The van der Waals surface area contributed by atoms with E-state index in [9.17, 15) is 19.2 Å². The Morgan fingerprint density at radius 2 is 1.79 bits per heavy atom. The van der Waals surface area contributed by atoms with Gasteiger partial charge in [-0.3, -0.25) is 23.9 Å². The van der Waals surface area contributed by atoms with Crippen LogP contribution >= 0.6 is 11.6 Å². The predicted octanol–water partition coefficient (Wildman–Crippen LogP) is 2.23. The van der Waals surface area contributed by atoms with Gasteiger partial charge in [0.15, 0.2) is 5.69 Å². The van der Waals surface area contributed by atoms with Gasteiger partial charge in [-0.05, 0) is 24.6 Å². The summed E-state index contributed by atoms with van der Waals surface area (Å²) < 4.78 is 1.22. The number of rotatable bonds is 6. The van der Waals surface area contributed by atoms with Crippen LogP contribution in [0.25, 0.3) is 0 Å². The second-order valence-electron chi connectivity index (χ2n) is 8.00. The number of aromatic amines is 1. The summed E-state index contributed by atoms with van der Waals surface area (Å²) in [5.74, 6) is -1.47. The Balaban J connectivity index is 1.66. The number of nitrogens with one attached hydrogen (secondary N) is 1. The van der Waals surface area contributed by atoms with Gasteiger partial charge >= 0.3 is 5.69 Å². The number of para-hydroxylation sites is 1. The lowest BCUT2D eigenvalue weighted by atomic mass is 10.1. The molecule has 0 spiro atoms. The average molecular weight is 482 g/mol. The van der Waals surface area contributed by atoms with Crippen molar-refractivity contribution in [2.75, 3.05) is 28.6 Å². The largest absolute Gasteiger partial charge is 0.383 e. The van der Waals surface area contributed by atoms with E-state index in [4.69, 9.17) is 17.3 Å². The van der Waals surface area contributed by atoms with E-state index in [0.29, 0.717) is 10.7 Å². The number of hydrogen-bond acceptors (Lipinski definition) is 5. The first-order valence-corrected chi connectivity index (χ1v) is 11.2. The van der Waals surface area contributed by atoms with Crippen molar-refractivity contribution in [3.63, 3.8) is 0 Å². The summed E-state index contributed by atoms with van der Waals surface area (Å²) in [5, 5.41) is 0.407. The monoisotopic (exact) mass is 481 g/mol. The fraction of sp³-hybridized carbons (Fsp3) is 0.250. The average Bonchev–Trinajstić information content (AvgIpc) is 3.21. The van der Waals surface area contributed by atoms with E-state index < -0.39 is 23.1 Å². The molecule has 176 valence electrons. The summed E-state index contributed by atoms with van der Waals surface area (Å²) in [5.41, 5.74) is 6.07. The van der Waals surface area contributed by atoms with Crippen molar-refractivity contribution in [3.05, 3.63) is 86.0 Å². The SMILES string of the molecule is CCN(C(=O)[C@H]1CC(=O)N(c2ccccc2Cl)C1)c1c(N)n(Cc2ccccc2)c(=O)[nH]c1=O. The molecule has 0 radical (unpaired) electrons. The smallest absolute Gasteiger partial charge is 0.330 e. The molecule has 1 saturated heterocycles. The van der Waals surface area contributed by atoms with E-state index in [2.05, 4.69) is 4.98 Å². The minimum Gasteiger partial charge on any atom is -0.383 e. The van der Waals surface area contributed by atoms with Gasteiger partial charge < -0.3 is 15.5 Å². The highest BCUT2D eigenvalue weighted by Gasteiger charge is 2.39. The molecule has 2 heterocycles. The zero-order valence-corrected chi connectivity index (χ0v) is 19.3. The number of aromatic nitrogens is 2. The highest BCUT2D eigenvalue weighted by atomic mass is 35.5. The molecule has 0 saturated carbocycles. The minimum absolute atomic E-state index is 0.0258. The Labute approximate surface area is 200 Å². The molecule has 3 N–H and O–H groups in total. The standard InChI is InChI=1S/C24H24ClN5O4/c1-2-28(23(33)16-12-19(31)29(14-16)18-11-7-6-10-17(18)25)20-21(26)30(24(34)27-22(20)32)13-15-8-4-3-5-9-15/h3-11,16H,2,12-14,26H2,1H3,(H,27,32,34)/t16-/m0/s1. The van der Waals surface area contributed by atoms with E-state index in [-0.39, 0.29) is 43.5 Å². The molecule has 34 heavy (non-hydrogen) atoms. The second-order valence-corrected chi connectivity index (χ2v) is 8.41. The molecule has 1 fully saturated rings. The molecule has 0 bridgehead atoms. The fourth-order valence-corrected chi connectivity index (χ4v) is 4.42. The Hall–Kier alpha value is -3.85. The molecule has 1 aliphatic heterocycles. The van der Waals surface area contributed by atoms with E-state index in [1.807, 2.05) is 30.3 Å². The van der Waals surface area contributed by atoms with Crippen LogP contribution in [-0.4, -0.2) is 34.5 Å². The van der Waals surface area contributed by atoms with Crippen LogP contribution < -0.4 is 26.8 Å². The van der Waals surface area contributed by atoms with Gasteiger partial charge in [-0.2, -0.15) is 0 Å². The summed E-state index contributed by atoms with van der Waals surface area (Å²) in [6.45, 7) is 2.08. The Morgan fingerprint density at radius 1 is 1.12 bits per heavy atom. The summed E-state index contributed by atoms with van der Waals surface area (Å²) in [6, 6.07) is 16.1. The van der Waals surface area contributed by atoms with Gasteiger partial charge in [-0.15, -0.1) is 0 Å². The fourth-order valence-electron chi connectivity index (χ4n) is 4.18. The van der Waals surface area contributed by atoms with Gasteiger partial charge in [-0.25, -0.2) is 4.79 Å². The van der Waals surface area contributed by atoms with Crippen LogP contribution in [0.15, 0.2) is 64.2 Å². The number of hydrogen-bond donors (Lipinski definition) is 2. The maximum absolute atomic E-state index is 13.5. The number of amides is 2. The van der Waals surface area contributed by atoms with Crippen LogP contribution in [-0.2, 0) is 16.1 Å². The molecule has 3 aromatic rings. The highest BCUT2D eigenvalue weighted by Crippen LogP contribution is 2.32. The molecule has 0 unspecified atom stereocenters. The van der Waals surface area contributed by atoms with E-state index in [1.54, 1.807) is 31.2 Å². The molecule has 1 aliphatic rings. The molecular weight excluding hydrogens is 458 g/mol. The van der Waals surface area contributed by atoms with Crippen molar-refractivity contribution >= 4 is 40.6 Å². The summed E-state index contributed by atoms with van der Waals surface area (Å²) >= 11 is 6.24. The maximum atomic E-state index is 13.5. The lowest BCUT2D eigenvalue weighted by Gasteiger charge is -2.26. The van der Waals surface area contributed by atoms with Crippen LogP contribution in [0.3, 0.4) is 0 Å². The minimum atomic E-state index is -0.755. The van der Waals surface area contributed by atoms with Crippen LogP contribution in [0, 0.1) is 5.92 Å². The van der Waals surface area contributed by atoms with Crippen molar-refractivity contribution in [1.82, 2.24) is 9.55 Å². The number of nitrogens with two attached hydrogens (primary N) is 1. The third kappa shape index (κ3) is 4.34. The second kappa shape index (κ2) is 9.56. The third-order valence-corrected chi connectivity index (χ3v) is 6.19. The highest BCUT2D eigenvalue weighted by molar-refractivity contribution is 6.34. The Bertz CT molecular complexity index is 1350. The van der Waals surface area contributed by atoms with E-state index >= 15 is 0 Å². The van der Waals surface area contributed by atoms with E-state index in [0.717, 1.165) is 5.56 Å². The third-order valence-electron chi connectivity index (χ3n) is 5.87. The topological polar surface area (TPSA) is 121 Å². The lowest BCUT2D eigenvalue weighted by Crippen LogP contribution is -2.44. The van der Waals surface area contributed by atoms with Crippen molar-refractivity contribution in [1.29, 1.82) is 0 Å². The van der Waals surface area contributed by atoms with Crippen molar-refractivity contribution in [2.45, 2.75) is 19.9 Å². The van der Waals surface area contributed by atoms with Crippen molar-refractivity contribution in [2.24, 2.45) is 5.92 Å². The molecule has 2 aromatic carbocycles. The predicted molar refractivity (Wildman–Crippen MR) is 131 cm³/mol. The zero-order chi connectivity index (χ0) is 24.4. The number of nitrogens with zero attached hydrogens (tertiary/aromatic N) is 3.